The Labute approximate surface area is 194 Å². The SMILES string of the molecule is Cc1c(-c2ccccn2)nc2cc(F)ccc2c1Nc1ccccc1N1CCOCC1Br. The van der Waals surface area contributed by atoms with Crippen LogP contribution in [-0.4, -0.2) is 34.7 Å². The second-order valence-corrected chi connectivity index (χ2v) is 8.74. The van der Waals surface area contributed by atoms with Crippen molar-refractivity contribution in [2.45, 2.75) is 11.9 Å². The van der Waals surface area contributed by atoms with Gasteiger partial charge in [-0.2, -0.15) is 0 Å². The number of para-hydroxylation sites is 2. The van der Waals surface area contributed by atoms with E-state index in [1.165, 1.54) is 12.1 Å². The molecule has 5 nitrogen and oxygen atoms in total. The van der Waals surface area contributed by atoms with Gasteiger partial charge in [-0.1, -0.05) is 34.1 Å². The number of aromatic nitrogens is 2. The Balaban J connectivity index is 1.66. The number of fused-ring (bicyclic) bond motifs is 1. The van der Waals surface area contributed by atoms with Crippen LogP contribution in [0, 0.1) is 12.7 Å². The molecular weight excluding hydrogens is 471 g/mol. The van der Waals surface area contributed by atoms with Crippen molar-refractivity contribution in [3.8, 4) is 11.4 Å². The largest absolute Gasteiger partial charge is 0.377 e. The number of rotatable bonds is 4. The number of hydrogen-bond acceptors (Lipinski definition) is 5. The number of hydrogen-bond donors (Lipinski definition) is 1. The summed E-state index contributed by atoms with van der Waals surface area (Å²) in [5, 5.41) is 4.49. The minimum absolute atomic E-state index is 0.0904. The van der Waals surface area contributed by atoms with Gasteiger partial charge in [0.2, 0.25) is 0 Å². The molecule has 2 aromatic heterocycles. The molecule has 4 aromatic rings. The molecule has 2 aromatic carbocycles. The molecule has 1 saturated heterocycles. The minimum atomic E-state index is -0.317. The highest BCUT2D eigenvalue weighted by atomic mass is 79.9. The Bertz CT molecular complexity index is 1270. The fraction of sp³-hybridized carbons (Fsp3) is 0.200. The van der Waals surface area contributed by atoms with Crippen LogP contribution in [0.4, 0.5) is 21.5 Å². The first kappa shape index (κ1) is 20.8. The molecule has 0 amide bonds. The van der Waals surface area contributed by atoms with Crippen LogP contribution in [0.2, 0.25) is 0 Å². The van der Waals surface area contributed by atoms with Crippen molar-refractivity contribution >= 4 is 43.9 Å². The van der Waals surface area contributed by atoms with Gasteiger partial charge < -0.3 is 15.0 Å². The first-order valence-electron chi connectivity index (χ1n) is 10.5. The van der Waals surface area contributed by atoms with E-state index in [4.69, 9.17) is 9.72 Å². The van der Waals surface area contributed by atoms with E-state index in [-0.39, 0.29) is 10.8 Å². The molecule has 1 unspecified atom stereocenters. The fourth-order valence-electron chi connectivity index (χ4n) is 4.06. The molecule has 0 radical (unpaired) electrons. The standard InChI is InChI=1S/C25H22BrFN4O/c1-16-24(29-19-6-2-3-8-22(19)31-12-13-32-15-23(31)26)18-10-9-17(27)14-21(18)30-25(16)20-7-4-5-11-28-20/h2-11,14,23H,12-13,15H2,1H3,(H,29,30). The monoisotopic (exact) mass is 492 g/mol. The predicted octanol–water partition coefficient (Wildman–Crippen LogP) is 6.05. The van der Waals surface area contributed by atoms with Crippen LogP contribution >= 0.6 is 15.9 Å². The highest BCUT2D eigenvalue weighted by Gasteiger charge is 2.23. The van der Waals surface area contributed by atoms with E-state index in [1.54, 1.807) is 12.3 Å². The van der Waals surface area contributed by atoms with Gasteiger partial charge in [-0.25, -0.2) is 9.37 Å². The van der Waals surface area contributed by atoms with Crippen LogP contribution in [-0.2, 0) is 4.74 Å². The molecule has 1 fully saturated rings. The summed E-state index contributed by atoms with van der Waals surface area (Å²) >= 11 is 3.73. The lowest BCUT2D eigenvalue weighted by atomic mass is 10.0. The summed E-state index contributed by atoms with van der Waals surface area (Å²) in [6.07, 6.45) is 1.74. The molecule has 32 heavy (non-hydrogen) atoms. The average molecular weight is 493 g/mol. The number of halogens is 2. The third-order valence-electron chi connectivity index (χ3n) is 5.64. The molecule has 3 heterocycles. The Morgan fingerprint density at radius 3 is 2.78 bits per heavy atom. The van der Waals surface area contributed by atoms with Gasteiger partial charge in [-0.05, 0) is 43.3 Å². The third-order valence-corrected chi connectivity index (χ3v) is 6.40. The van der Waals surface area contributed by atoms with Gasteiger partial charge in [0.25, 0.3) is 0 Å². The van der Waals surface area contributed by atoms with Gasteiger partial charge >= 0.3 is 0 Å². The highest BCUT2D eigenvalue weighted by molar-refractivity contribution is 9.09. The van der Waals surface area contributed by atoms with E-state index in [0.717, 1.165) is 45.9 Å². The topological polar surface area (TPSA) is 50.3 Å². The molecule has 5 rings (SSSR count). The highest BCUT2D eigenvalue weighted by Crippen LogP contribution is 2.38. The minimum Gasteiger partial charge on any atom is -0.377 e. The zero-order valence-electron chi connectivity index (χ0n) is 17.6. The van der Waals surface area contributed by atoms with E-state index in [2.05, 4.69) is 43.3 Å². The number of anilines is 3. The molecule has 1 aliphatic heterocycles. The Hall–Kier alpha value is -3.03. The van der Waals surface area contributed by atoms with Gasteiger partial charge in [0.1, 0.15) is 10.8 Å². The van der Waals surface area contributed by atoms with Gasteiger partial charge in [0, 0.05) is 29.8 Å². The van der Waals surface area contributed by atoms with Crippen molar-refractivity contribution in [2.24, 2.45) is 0 Å². The maximum absolute atomic E-state index is 14.1. The molecule has 0 bridgehead atoms. The van der Waals surface area contributed by atoms with Gasteiger partial charge in [-0.3, -0.25) is 4.98 Å². The summed E-state index contributed by atoms with van der Waals surface area (Å²) in [5.41, 5.74) is 5.95. The number of nitrogens with one attached hydrogen (secondary N) is 1. The fourth-order valence-corrected chi connectivity index (χ4v) is 4.67. The maximum Gasteiger partial charge on any atom is 0.125 e. The molecule has 1 aliphatic rings. The van der Waals surface area contributed by atoms with E-state index in [1.807, 2.05) is 37.3 Å². The molecule has 0 aliphatic carbocycles. The van der Waals surface area contributed by atoms with Gasteiger partial charge in [0.15, 0.2) is 0 Å². The molecule has 1 N–H and O–H groups in total. The van der Waals surface area contributed by atoms with Crippen molar-refractivity contribution in [1.82, 2.24) is 9.97 Å². The number of ether oxygens (including phenoxy) is 1. The summed E-state index contributed by atoms with van der Waals surface area (Å²) in [5.74, 6) is -0.317. The number of morpholine rings is 1. The third kappa shape index (κ3) is 3.94. The lowest BCUT2D eigenvalue weighted by molar-refractivity contribution is 0.116. The van der Waals surface area contributed by atoms with Crippen molar-refractivity contribution in [3.63, 3.8) is 0 Å². The van der Waals surface area contributed by atoms with Crippen LogP contribution in [0.3, 0.4) is 0 Å². The van der Waals surface area contributed by atoms with Crippen LogP contribution < -0.4 is 10.2 Å². The summed E-state index contributed by atoms with van der Waals surface area (Å²) in [6.45, 7) is 4.10. The quantitative estimate of drug-likeness (QED) is 0.277. The van der Waals surface area contributed by atoms with Crippen LogP contribution in [0.1, 0.15) is 5.56 Å². The molecule has 7 heteroatoms. The van der Waals surface area contributed by atoms with Crippen LogP contribution in [0.25, 0.3) is 22.3 Å². The number of pyridine rings is 2. The lowest BCUT2D eigenvalue weighted by Gasteiger charge is -2.35. The van der Waals surface area contributed by atoms with Crippen LogP contribution in [0.5, 0.6) is 0 Å². The van der Waals surface area contributed by atoms with Gasteiger partial charge in [-0.15, -0.1) is 0 Å². The lowest BCUT2D eigenvalue weighted by Crippen LogP contribution is -2.42. The van der Waals surface area contributed by atoms with Crippen molar-refractivity contribution in [3.05, 3.63) is 78.2 Å². The summed E-state index contributed by atoms with van der Waals surface area (Å²) in [6, 6.07) is 18.6. The molecular formula is C25H22BrFN4O. The maximum atomic E-state index is 14.1. The van der Waals surface area contributed by atoms with E-state index in [9.17, 15) is 4.39 Å². The normalized spacial score (nSPS) is 16.3. The zero-order chi connectivity index (χ0) is 22.1. The number of benzene rings is 2. The Kier molecular flexibility index (Phi) is 5.76. The number of alkyl halides is 1. The Morgan fingerprint density at radius 2 is 1.97 bits per heavy atom. The van der Waals surface area contributed by atoms with Gasteiger partial charge in [0.05, 0.1) is 47.2 Å². The van der Waals surface area contributed by atoms with Crippen molar-refractivity contribution in [2.75, 3.05) is 30.0 Å². The summed E-state index contributed by atoms with van der Waals surface area (Å²) < 4.78 is 19.7. The predicted molar refractivity (Wildman–Crippen MR) is 130 cm³/mol. The second kappa shape index (κ2) is 8.84. The molecule has 162 valence electrons. The zero-order valence-corrected chi connectivity index (χ0v) is 19.1. The Morgan fingerprint density at radius 1 is 1.12 bits per heavy atom. The number of nitrogens with zero attached hydrogens (tertiary/aromatic N) is 3. The molecule has 1 atom stereocenters. The smallest absolute Gasteiger partial charge is 0.125 e. The summed E-state index contributed by atoms with van der Waals surface area (Å²) in [7, 11) is 0. The average Bonchev–Trinajstić information content (AvgIpc) is 2.82. The van der Waals surface area contributed by atoms with Crippen molar-refractivity contribution < 1.29 is 9.13 Å². The summed E-state index contributed by atoms with van der Waals surface area (Å²) in [4.78, 5) is 11.6. The van der Waals surface area contributed by atoms with E-state index in [0.29, 0.717) is 18.7 Å². The molecule has 0 spiro atoms. The van der Waals surface area contributed by atoms with Crippen molar-refractivity contribution in [1.29, 1.82) is 0 Å². The second-order valence-electron chi connectivity index (χ2n) is 7.68. The van der Waals surface area contributed by atoms with E-state index < -0.39 is 0 Å². The first-order chi connectivity index (χ1) is 15.6. The molecule has 0 saturated carbocycles. The van der Waals surface area contributed by atoms with Crippen LogP contribution in [0.15, 0.2) is 66.9 Å². The van der Waals surface area contributed by atoms with E-state index >= 15 is 0 Å². The first-order valence-corrected chi connectivity index (χ1v) is 11.4.